The van der Waals surface area contributed by atoms with E-state index in [4.69, 9.17) is 9.15 Å². The predicted molar refractivity (Wildman–Crippen MR) is 98.7 cm³/mol. The smallest absolute Gasteiger partial charge is 0.331 e. The Balaban J connectivity index is 1.80. The van der Waals surface area contributed by atoms with Crippen LogP contribution in [0.2, 0.25) is 0 Å². The van der Waals surface area contributed by atoms with E-state index in [-0.39, 0.29) is 18.3 Å². The van der Waals surface area contributed by atoms with Crippen molar-refractivity contribution in [2.45, 2.75) is 27.3 Å². The zero-order valence-electron chi connectivity index (χ0n) is 14.9. The monoisotopic (exact) mass is 375 g/mol. The quantitative estimate of drug-likeness (QED) is 0.455. The molecule has 0 aliphatic heterocycles. The van der Waals surface area contributed by atoms with E-state index in [1.165, 1.54) is 29.8 Å². The maximum atomic E-state index is 12.1. The van der Waals surface area contributed by atoms with E-state index in [1.54, 1.807) is 24.3 Å². The van der Waals surface area contributed by atoms with Crippen LogP contribution in [0.1, 0.15) is 41.1 Å². The molecule has 0 saturated carbocycles. The largest absolute Gasteiger partial charge is 0.465 e. The van der Waals surface area contributed by atoms with Gasteiger partial charge < -0.3 is 14.5 Å². The predicted octanol–water partition coefficient (Wildman–Crippen LogP) is 3.44. The highest BCUT2D eigenvalue weighted by Gasteiger charge is 2.21. The molecule has 1 amide bonds. The summed E-state index contributed by atoms with van der Waals surface area (Å²) in [6.07, 6.45) is 4.16. The second-order valence-electron chi connectivity index (χ2n) is 6.58. The molecule has 0 radical (unpaired) electrons. The van der Waals surface area contributed by atoms with E-state index in [0.29, 0.717) is 17.2 Å². The summed E-state index contributed by atoms with van der Waals surface area (Å²) < 4.78 is 9.98. The summed E-state index contributed by atoms with van der Waals surface area (Å²) >= 11 is 1.27. The third-order valence-corrected chi connectivity index (χ3v) is 4.44. The van der Waals surface area contributed by atoms with Crippen molar-refractivity contribution in [2.75, 3.05) is 6.61 Å². The van der Waals surface area contributed by atoms with Crippen molar-refractivity contribution in [1.82, 2.24) is 5.32 Å². The Bertz CT molecular complexity index is 796. The summed E-state index contributed by atoms with van der Waals surface area (Å²) in [6, 6.07) is 6.84. The first-order chi connectivity index (χ1) is 12.3. The summed E-state index contributed by atoms with van der Waals surface area (Å²) in [5, 5.41) is 2.83. The highest BCUT2D eigenvalue weighted by molar-refractivity contribution is 7.14. The Kier molecular flexibility index (Phi) is 6.52. The van der Waals surface area contributed by atoms with Crippen molar-refractivity contribution in [1.29, 1.82) is 0 Å². The van der Waals surface area contributed by atoms with Crippen LogP contribution >= 0.6 is 11.3 Å². The Labute approximate surface area is 155 Å². The van der Waals surface area contributed by atoms with Crippen LogP contribution in [-0.4, -0.2) is 24.3 Å². The third kappa shape index (κ3) is 6.00. The van der Waals surface area contributed by atoms with Crippen molar-refractivity contribution < 1.29 is 23.5 Å². The fraction of sp³-hybridized carbons (Fsp3) is 0.316. The van der Waals surface area contributed by atoms with Crippen LogP contribution in [0, 0.1) is 5.41 Å². The third-order valence-electron chi connectivity index (χ3n) is 3.31. The van der Waals surface area contributed by atoms with Crippen molar-refractivity contribution in [2.24, 2.45) is 5.41 Å². The van der Waals surface area contributed by atoms with Gasteiger partial charge >= 0.3 is 5.97 Å². The van der Waals surface area contributed by atoms with Crippen LogP contribution in [0.15, 0.2) is 41.0 Å². The van der Waals surface area contributed by atoms with Crippen molar-refractivity contribution >= 4 is 35.1 Å². The number of hydrogen-bond acceptors (Lipinski definition) is 6. The van der Waals surface area contributed by atoms with Gasteiger partial charge in [-0.2, -0.15) is 0 Å². The van der Waals surface area contributed by atoms with Crippen LogP contribution in [0.3, 0.4) is 0 Å². The summed E-state index contributed by atoms with van der Waals surface area (Å²) in [6.45, 7) is 5.52. The minimum absolute atomic E-state index is 0.0592. The SMILES string of the molecule is CC(C)(C)C(=O)NCc1ccc(C(=O)COC(=O)/C=C/c2ccco2)s1. The van der Waals surface area contributed by atoms with Gasteiger partial charge in [0.25, 0.3) is 0 Å². The number of furan rings is 1. The van der Waals surface area contributed by atoms with Gasteiger partial charge in [-0.25, -0.2) is 4.79 Å². The zero-order chi connectivity index (χ0) is 19.2. The molecule has 0 aromatic carbocycles. The van der Waals surface area contributed by atoms with Crippen LogP contribution in [-0.2, 0) is 20.9 Å². The van der Waals surface area contributed by atoms with Crippen LogP contribution in [0.5, 0.6) is 0 Å². The lowest BCUT2D eigenvalue weighted by molar-refractivity contribution is -0.136. The molecular formula is C19H21NO5S. The molecule has 0 spiro atoms. The molecule has 26 heavy (non-hydrogen) atoms. The number of esters is 1. The minimum atomic E-state index is -0.621. The maximum absolute atomic E-state index is 12.1. The highest BCUT2D eigenvalue weighted by Crippen LogP contribution is 2.18. The molecule has 1 N–H and O–H groups in total. The van der Waals surface area contributed by atoms with Gasteiger partial charge in [-0.15, -0.1) is 11.3 Å². The Morgan fingerprint density at radius 3 is 2.65 bits per heavy atom. The first kappa shape index (κ1) is 19.7. The standard InChI is InChI=1S/C19H21NO5S/c1-19(2,3)18(23)20-11-14-7-8-16(26-14)15(21)12-25-17(22)9-6-13-5-4-10-24-13/h4-10H,11-12H2,1-3H3,(H,20,23)/b9-6+. The number of amides is 1. The molecule has 0 saturated heterocycles. The van der Waals surface area contributed by atoms with E-state index >= 15 is 0 Å². The summed E-state index contributed by atoms with van der Waals surface area (Å²) in [7, 11) is 0. The molecular weight excluding hydrogens is 354 g/mol. The normalized spacial score (nSPS) is 11.5. The average Bonchev–Trinajstić information content (AvgIpc) is 3.26. The fourth-order valence-electron chi connectivity index (χ4n) is 1.85. The molecule has 0 fully saturated rings. The molecule has 2 aromatic rings. The summed E-state index contributed by atoms with van der Waals surface area (Å²) in [5.41, 5.74) is -0.465. The number of nitrogens with one attached hydrogen (secondary N) is 1. The number of thiophene rings is 1. The molecule has 0 bridgehead atoms. The van der Waals surface area contributed by atoms with Gasteiger partial charge in [-0.1, -0.05) is 20.8 Å². The van der Waals surface area contributed by atoms with Gasteiger partial charge in [0.2, 0.25) is 11.7 Å². The average molecular weight is 375 g/mol. The molecule has 0 aliphatic carbocycles. The molecule has 7 heteroatoms. The minimum Gasteiger partial charge on any atom is -0.465 e. The number of carbonyl (C=O) groups is 3. The molecule has 6 nitrogen and oxygen atoms in total. The molecule has 0 unspecified atom stereocenters. The second-order valence-corrected chi connectivity index (χ2v) is 7.75. The Morgan fingerprint density at radius 1 is 1.23 bits per heavy atom. The van der Waals surface area contributed by atoms with E-state index < -0.39 is 11.4 Å². The number of carbonyl (C=O) groups excluding carboxylic acids is 3. The molecule has 0 aliphatic rings. The van der Waals surface area contributed by atoms with Gasteiger partial charge in [0, 0.05) is 16.4 Å². The van der Waals surface area contributed by atoms with E-state index in [0.717, 1.165) is 4.88 Å². The van der Waals surface area contributed by atoms with Gasteiger partial charge in [0.05, 0.1) is 17.7 Å². The summed E-state index contributed by atoms with van der Waals surface area (Å²) in [4.78, 5) is 36.9. The van der Waals surface area contributed by atoms with Crippen molar-refractivity contribution in [3.05, 3.63) is 52.1 Å². The van der Waals surface area contributed by atoms with Crippen LogP contribution in [0.4, 0.5) is 0 Å². The number of rotatable bonds is 7. The fourth-order valence-corrected chi connectivity index (χ4v) is 2.72. The Morgan fingerprint density at radius 2 is 2.00 bits per heavy atom. The van der Waals surface area contributed by atoms with Crippen molar-refractivity contribution in [3.8, 4) is 0 Å². The van der Waals surface area contributed by atoms with E-state index in [2.05, 4.69) is 5.32 Å². The first-order valence-corrected chi connectivity index (χ1v) is 8.86. The van der Waals surface area contributed by atoms with Crippen LogP contribution in [0.25, 0.3) is 6.08 Å². The lowest BCUT2D eigenvalue weighted by Gasteiger charge is -2.17. The molecule has 138 valence electrons. The number of ketones is 1. The topological polar surface area (TPSA) is 85.6 Å². The van der Waals surface area contributed by atoms with Crippen LogP contribution < -0.4 is 5.32 Å². The van der Waals surface area contributed by atoms with Gasteiger partial charge in [0.15, 0.2) is 6.61 Å². The molecule has 2 heterocycles. The van der Waals surface area contributed by atoms with E-state index in [1.807, 2.05) is 20.8 Å². The first-order valence-electron chi connectivity index (χ1n) is 8.04. The van der Waals surface area contributed by atoms with Gasteiger partial charge in [0.1, 0.15) is 5.76 Å². The van der Waals surface area contributed by atoms with E-state index in [9.17, 15) is 14.4 Å². The second kappa shape index (κ2) is 8.62. The van der Waals surface area contributed by atoms with Gasteiger partial charge in [-0.05, 0) is 30.3 Å². The van der Waals surface area contributed by atoms with Crippen molar-refractivity contribution in [3.63, 3.8) is 0 Å². The summed E-state index contributed by atoms with van der Waals surface area (Å²) in [5.74, 6) is -0.448. The number of hydrogen-bond donors (Lipinski definition) is 1. The highest BCUT2D eigenvalue weighted by atomic mass is 32.1. The molecule has 0 atom stereocenters. The molecule has 2 aromatic heterocycles. The maximum Gasteiger partial charge on any atom is 0.331 e. The number of ether oxygens (including phenoxy) is 1. The molecule has 2 rings (SSSR count). The lowest BCUT2D eigenvalue weighted by atomic mass is 9.96. The zero-order valence-corrected chi connectivity index (χ0v) is 15.7. The lowest BCUT2D eigenvalue weighted by Crippen LogP contribution is -2.34. The van der Waals surface area contributed by atoms with Gasteiger partial charge in [-0.3, -0.25) is 9.59 Å². The Hall–Kier alpha value is -2.67. The number of Topliss-reactive ketones (excluding diaryl/α,β-unsaturated/α-hetero) is 1.